The van der Waals surface area contributed by atoms with Crippen molar-refractivity contribution in [1.29, 1.82) is 0 Å². The van der Waals surface area contributed by atoms with Gasteiger partial charge in [-0.25, -0.2) is 0 Å². The van der Waals surface area contributed by atoms with Crippen molar-refractivity contribution in [1.82, 2.24) is 9.80 Å². The van der Waals surface area contributed by atoms with Crippen molar-refractivity contribution in [2.75, 3.05) is 47.0 Å². The second kappa shape index (κ2) is 13.0. The first-order valence-electron chi connectivity index (χ1n) is 12.3. The van der Waals surface area contributed by atoms with E-state index in [2.05, 4.69) is 33.0 Å². The fourth-order valence-electron chi connectivity index (χ4n) is 5.46. The molecule has 0 N–H and O–H groups in total. The van der Waals surface area contributed by atoms with E-state index in [4.69, 9.17) is 9.47 Å². The monoisotopic (exact) mass is 508 g/mol. The molecular formula is C26H41BrN2O3. The maximum absolute atomic E-state index is 12.0. The number of benzene rings is 1. The van der Waals surface area contributed by atoms with Gasteiger partial charge in [0, 0.05) is 31.1 Å². The van der Waals surface area contributed by atoms with E-state index in [9.17, 15) is 4.79 Å². The standard InChI is InChI=1S/C26H41BrN2O3/c1-20(30)29(16-17-31-2)24-6-4-21(5-7-24)10-13-28-14-11-22(12-15-28)18-23-19-25(32-3)8-9-26(23)27/h8-9,19,21-22,24H,4-7,10-18H2,1-3H3/t21-,24-. The Labute approximate surface area is 202 Å². The van der Waals surface area contributed by atoms with Gasteiger partial charge in [0.1, 0.15) is 5.75 Å². The maximum Gasteiger partial charge on any atom is 0.219 e. The smallest absolute Gasteiger partial charge is 0.219 e. The summed E-state index contributed by atoms with van der Waals surface area (Å²) in [6.45, 7) is 6.71. The van der Waals surface area contributed by atoms with E-state index in [-0.39, 0.29) is 5.91 Å². The Bertz CT molecular complexity index is 713. The van der Waals surface area contributed by atoms with Crippen molar-refractivity contribution in [3.8, 4) is 5.75 Å². The zero-order valence-corrected chi connectivity index (χ0v) is 21.7. The molecule has 0 spiro atoms. The van der Waals surface area contributed by atoms with Gasteiger partial charge >= 0.3 is 0 Å². The van der Waals surface area contributed by atoms with Gasteiger partial charge in [-0.2, -0.15) is 0 Å². The predicted molar refractivity (Wildman–Crippen MR) is 133 cm³/mol. The molecule has 3 rings (SSSR count). The minimum atomic E-state index is 0.189. The number of piperidine rings is 1. The van der Waals surface area contributed by atoms with Gasteiger partial charge in [-0.15, -0.1) is 0 Å². The van der Waals surface area contributed by atoms with E-state index in [1.807, 2.05) is 11.0 Å². The summed E-state index contributed by atoms with van der Waals surface area (Å²) < 4.78 is 11.8. The van der Waals surface area contributed by atoms with E-state index < -0.39 is 0 Å². The summed E-state index contributed by atoms with van der Waals surface area (Å²) >= 11 is 3.71. The molecule has 1 aromatic carbocycles. The lowest BCUT2D eigenvalue weighted by Gasteiger charge is -2.37. The number of rotatable bonds is 10. The summed E-state index contributed by atoms with van der Waals surface area (Å²) in [6.07, 6.45) is 9.79. The van der Waals surface area contributed by atoms with Crippen molar-refractivity contribution < 1.29 is 14.3 Å². The van der Waals surface area contributed by atoms with Crippen molar-refractivity contribution in [3.63, 3.8) is 0 Å². The summed E-state index contributed by atoms with van der Waals surface area (Å²) in [5.74, 6) is 2.71. The average molecular weight is 510 g/mol. The first-order valence-corrected chi connectivity index (χ1v) is 13.1. The Hall–Kier alpha value is -1.11. The highest BCUT2D eigenvalue weighted by molar-refractivity contribution is 9.10. The minimum Gasteiger partial charge on any atom is -0.497 e. The van der Waals surface area contributed by atoms with E-state index in [0.717, 1.165) is 43.4 Å². The largest absolute Gasteiger partial charge is 0.497 e. The molecule has 1 heterocycles. The summed E-state index contributed by atoms with van der Waals surface area (Å²) in [7, 11) is 3.44. The van der Waals surface area contributed by atoms with Gasteiger partial charge in [0.2, 0.25) is 5.91 Å². The highest BCUT2D eigenvalue weighted by atomic mass is 79.9. The molecule has 1 amide bonds. The van der Waals surface area contributed by atoms with Crippen LogP contribution in [0.25, 0.3) is 0 Å². The number of amides is 1. The molecule has 32 heavy (non-hydrogen) atoms. The molecule has 1 saturated carbocycles. The molecular weight excluding hydrogens is 468 g/mol. The predicted octanol–water partition coefficient (Wildman–Crippen LogP) is 5.16. The van der Waals surface area contributed by atoms with E-state index in [0.29, 0.717) is 12.6 Å². The summed E-state index contributed by atoms with van der Waals surface area (Å²) in [5, 5.41) is 0. The molecule has 0 bridgehead atoms. The number of carbonyl (C=O) groups is 1. The SMILES string of the molecule is COCCN(C(C)=O)[C@H]1CC[C@H](CCN2CCC(Cc3cc(OC)ccc3Br)CC2)CC1. The highest BCUT2D eigenvalue weighted by Gasteiger charge is 2.28. The van der Waals surface area contributed by atoms with Crippen molar-refractivity contribution >= 4 is 21.8 Å². The van der Waals surface area contributed by atoms with Crippen LogP contribution in [0.15, 0.2) is 22.7 Å². The van der Waals surface area contributed by atoms with Gasteiger partial charge in [0.15, 0.2) is 0 Å². The molecule has 1 aliphatic carbocycles. The summed E-state index contributed by atoms with van der Waals surface area (Å²) in [5.41, 5.74) is 1.37. The molecule has 2 fully saturated rings. The Balaban J connectivity index is 1.36. The Morgan fingerprint density at radius 1 is 1.09 bits per heavy atom. The molecule has 6 heteroatoms. The number of ether oxygens (including phenoxy) is 2. The Morgan fingerprint density at radius 2 is 1.81 bits per heavy atom. The first-order chi connectivity index (χ1) is 15.5. The second-order valence-electron chi connectivity index (χ2n) is 9.61. The molecule has 5 nitrogen and oxygen atoms in total. The zero-order chi connectivity index (χ0) is 22.9. The lowest BCUT2D eigenvalue weighted by atomic mass is 9.83. The number of carbonyl (C=O) groups excluding carboxylic acids is 1. The molecule has 0 atom stereocenters. The molecule has 1 saturated heterocycles. The van der Waals surface area contributed by atoms with Crippen LogP contribution in [0.1, 0.15) is 57.4 Å². The number of likely N-dealkylation sites (tertiary alicyclic amines) is 1. The average Bonchev–Trinajstić information content (AvgIpc) is 2.81. The lowest BCUT2D eigenvalue weighted by Crippen LogP contribution is -2.43. The van der Waals surface area contributed by atoms with Gasteiger partial charge in [-0.1, -0.05) is 15.9 Å². The van der Waals surface area contributed by atoms with Crippen molar-refractivity contribution in [2.24, 2.45) is 11.8 Å². The normalized spacial score (nSPS) is 22.6. The Kier molecular flexibility index (Phi) is 10.3. The quantitative estimate of drug-likeness (QED) is 0.437. The number of halogens is 1. The minimum absolute atomic E-state index is 0.189. The fraction of sp³-hybridized carbons (Fsp3) is 0.731. The number of nitrogens with zero attached hydrogens (tertiary/aromatic N) is 2. The van der Waals surface area contributed by atoms with Gasteiger partial charge in [-0.05, 0) is 107 Å². The van der Waals surface area contributed by atoms with Crippen LogP contribution in [0, 0.1) is 11.8 Å². The van der Waals surface area contributed by atoms with Crippen LogP contribution in [0.3, 0.4) is 0 Å². The highest BCUT2D eigenvalue weighted by Crippen LogP contribution is 2.32. The van der Waals surface area contributed by atoms with E-state index in [1.165, 1.54) is 61.8 Å². The number of hydrogen-bond acceptors (Lipinski definition) is 4. The molecule has 1 aliphatic heterocycles. The van der Waals surface area contributed by atoms with Gasteiger partial charge < -0.3 is 19.3 Å². The van der Waals surface area contributed by atoms with Crippen LogP contribution in [0.4, 0.5) is 0 Å². The van der Waals surface area contributed by atoms with Crippen LogP contribution in [-0.2, 0) is 16.0 Å². The molecule has 180 valence electrons. The van der Waals surface area contributed by atoms with Crippen LogP contribution in [0.5, 0.6) is 5.75 Å². The fourth-order valence-corrected chi connectivity index (χ4v) is 5.87. The van der Waals surface area contributed by atoms with Crippen LogP contribution < -0.4 is 4.74 Å². The number of methoxy groups -OCH3 is 2. The number of hydrogen-bond donors (Lipinski definition) is 0. The van der Waals surface area contributed by atoms with Gasteiger partial charge in [0.25, 0.3) is 0 Å². The molecule has 1 aromatic rings. The van der Waals surface area contributed by atoms with E-state index in [1.54, 1.807) is 21.1 Å². The third-order valence-electron chi connectivity index (χ3n) is 7.52. The van der Waals surface area contributed by atoms with Crippen LogP contribution in [0.2, 0.25) is 0 Å². The molecule has 2 aliphatic rings. The maximum atomic E-state index is 12.0. The summed E-state index contributed by atoms with van der Waals surface area (Å²) in [4.78, 5) is 16.7. The Morgan fingerprint density at radius 3 is 2.44 bits per heavy atom. The van der Waals surface area contributed by atoms with Crippen LogP contribution >= 0.6 is 15.9 Å². The topological polar surface area (TPSA) is 42.0 Å². The van der Waals surface area contributed by atoms with Gasteiger partial charge in [-0.3, -0.25) is 4.79 Å². The van der Waals surface area contributed by atoms with Gasteiger partial charge in [0.05, 0.1) is 13.7 Å². The molecule has 0 unspecified atom stereocenters. The molecule has 0 aromatic heterocycles. The van der Waals surface area contributed by atoms with Crippen LogP contribution in [-0.4, -0.2) is 68.8 Å². The third kappa shape index (κ3) is 7.46. The lowest BCUT2D eigenvalue weighted by molar-refractivity contribution is -0.132. The van der Waals surface area contributed by atoms with E-state index >= 15 is 0 Å². The summed E-state index contributed by atoms with van der Waals surface area (Å²) in [6, 6.07) is 6.70. The third-order valence-corrected chi connectivity index (χ3v) is 8.29. The van der Waals surface area contributed by atoms with Crippen molar-refractivity contribution in [3.05, 3.63) is 28.2 Å². The van der Waals surface area contributed by atoms with Crippen molar-refractivity contribution in [2.45, 2.75) is 64.3 Å². The second-order valence-corrected chi connectivity index (χ2v) is 10.5. The molecule has 0 radical (unpaired) electrons. The first kappa shape index (κ1) is 25.5. The zero-order valence-electron chi connectivity index (χ0n) is 20.2.